The molecule has 0 saturated heterocycles. The molecule has 0 aliphatic heterocycles. The predicted octanol–water partition coefficient (Wildman–Crippen LogP) is 4.84. The van der Waals surface area contributed by atoms with Crippen LogP contribution in [-0.2, 0) is 24.4 Å². The Bertz CT molecular complexity index is 1160. The molecule has 3 aromatic carbocycles. The Morgan fingerprint density at radius 2 is 1.84 bits per heavy atom. The fourth-order valence-electron chi connectivity index (χ4n) is 3.60. The number of aromatic nitrogens is 1. The number of aliphatic carboxylic acids is 1. The van der Waals surface area contributed by atoms with Gasteiger partial charge in [-0.1, -0.05) is 60.2 Å². The van der Waals surface area contributed by atoms with Crippen molar-refractivity contribution in [3.05, 3.63) is 101 Å². The van der Waals surface area contributed by atoms with Crippen LogP contribution in [-0.4, -0.2) is 22.1 Å². The van der Waals surface area contributed by atoms with Crippen LogP contribution in [0.3, 0.4) is 0 Å². The predicted molar refractivity (Wildman–Crippen MR) is 122 cm³/mol. The largest absolute Gasteiger partial charge is 0.489 e. The van der Waals surface area contributed by atoms with Crippen molar-refractivity contribution in [2.75, 3.05) is 0 Å². The number of aryl methyl sites for hydroxylation is 1. The molecule has 4 aromatic rings. The Morgan fingerprint density at radius 1 is 1.03 bits per heavy atom. The zero-order chi connectivity index (χ0) is 21.6. The number of carboxylic acid groups (broad SMARTS) is 1. The maximum Gasteiger partial charge on any atom is 0.321 e. The number of ether oxygens (including phenoxy) is 1. The van der Waals surface area contributed by atoms with Gasteiger partial charge in [-0.05, 0) is 41.8 Å². The first-order chi connectivity index (χ1) is 15.1. The van der Waals surface area contributed by atoms with Crippen LogP contribution >= 0.6 is 0 Å². The number of hydrogen-bond acceptors (Lipinski definition) is 3. The van der Waals surface area contributed by atoms with E-state index in [0.717, 1.165) is 33.3 Å². The van der Waals surface area contributed by atoms with E-state index < -0.39 is 12.0 Å². The summed E-state index contributed by atoms with van der Waals surface area (Å²) >= 11 is 0. The van der Waals surface area contributed by atoms with Crippen molar-refractivity contribution in [2.24, 2.45) is 0 Å². The van der Waals surface area contributed by atoms with Crippen LogP contribution in [0.15, 0.2) is 79.0 Å². The Morgan fingerprint density at radius 3 is 2.65 bits per heavy atom. The van der Waals surface area contributed by atoms with Gasteiger partial charge in [0, 0.05) is 30.1 Å². The molecule has 0 aliphatic carbocycles. The summed E-state index contributed by atoms with van der Waals surface area (Å²) in [5, 5.41) is 13.9. The highest BCUT2D eigenvalue weighted by Gasteiger charge is 2.19. The van der Waals surface area contributed by atoms with E-state index in [9.17, 15) is 9.90 Å². The molecule has 0 saturated carbocycles. The molecule has 31 heavy (non-hydrogen) atoms. The van der Waals surface area contributed by atoms with E-state index in [2.05, 4.69) is 41.5 Å². The van der Waals surface area contributed by atoms with Gasteiger partial charge in [0.2, 0.25) is 0 Å². The molecule has 0 amide bonds. The molecule has 4 rings (SSSR count). The molecule has 1 atom stereocenters. The Hall–Kier alpha value is -3.57. The number of carboxylic acids is 1. The highest BCUT2D eigenvalue weighted by molar-refractivity contribution is 5.84. The third kappa shape index (κ3) is 5.32. The number of nitrogens with one attached hydrogen (secondary N) is 2. The lowest BCUT2D eigenvalue weighted by Gasteiger charge is -2.15. The SMILES string of the molecule is Cc1ccc(COc2cccc(CN[C@H](Cc3c[nH]c4ccccc34)C(=O)O)c2)cc1. The summed E-state index contributed by atoms with van der Waals surface area (Å²) in [7, 11) is 0. The highest BCUT2D eigenvalue weighted by atomic mass is 16.5. The number of fused-ring (bicyclic) bond motifs is 1. The van der Waals surface area contributed by atoms with Crippen molar-refractivity contribution in [2.45, 2.75) is 32.5 Å². The van der Waals surface area contributed by atoms with Crippen LogP contribution in [0.4, 0.5) is 0 Å². The number of rotatable bonds is 9. The quantitative estimate of drug-likeness (QED) is 0.366. The van der Waals surface area contributed by atoms with E-state index in [0.29, 0.717) is 19.6 Å². The number of hydrogen-bond donors (Lipinski definition) is 3. The molecule has 0 fully saturated rings. The maximum absolute atomic E-state index is 11.8. The molecule has 0 spiro atoms. The molecule has 158 valence electrons. The minimum Gasteiger partial charge on any atom is -0.489 e. The summed E-state index contributed by atoms with van der Waals surface area (Å²) in [5.74, 6) is -0.0968. The first kappa shape index (κ1) is 20.7. The molecule has 1 aromatic heterocycles. The summed E-state index contributed by atoms with van der Waals surface area (Å²) in [5.41, 5.74) is 5.31. The van der Waals surface area contributed by atoms with Crippen molar-refractivity contribution in [3.63, 3.8) is 0 Å². The van der Waals surface area contributed by atoms with E-state index >= 15 is 0 Å². The van der Waals surface area contributed by atoms with E-state index in [1.54, 1.807) is 0 Å². The Kier molecular flexibility index (Phi) is 6.34. The number of H-pyrrole nitrogens is 1. The number of benzene rings is 3. The van der Waals surface area contributed by atoms with Gasteiger partial charge in [-0.3, -0.25) is 4.79 Å². The second-order valence-corrected chi connectivity index (χ2v) is 7.76. The van der Waals surface area contributed by atoms with E-state index in [1.165, 1.54) is 5.56 Å². The summed E-state index contributed by atoms with van der Waals surface area (Å²) in [6.07, 6.45) is 2.30. The standard InChI is InChI=1S/C26H26N2O3/c1-18-9-11-19(12-10-18)17-31-22-6-4-5-20(13-22)15-27-25(26(29)30)14-21-16-28-24-8-3-2-7-23(21)24/h2-13,16,25,27-28H,14-15,17H2,1H3,(H,29,30)/t25-/m1/s1. The lowest BCUT2D eigenvalue weighted by atomic mass is 10.0. The number of para-hydroxylation sites is 1. The molecule has 5 heteroatoms. The smallest absolute Gasteiger partial charge is 0.321 e. The van der Waals surface area contributed by atoms with E-state index in [-0.39, 0.29) is 0 Å². The molecule has 0 bridgehead atoms. The van der Waals surface area contributed by atoms with Crippen molar-refractivity contribution < 1.29 is 14.6 Å². The topological polar surface area (TPSA) is 74.3 Å². The number of carbonyl (C=O) groups is 1. The molecular formula is C26H26N2O3. The van der Waals surface area contributed by atoms with Gasteiger partial charge in [0.15, 0.2) is 0 Å². The van der Waals surface area contributed by atoms with Gasteiger partial charge in [-0.25, -0.2) is 0 Å². The molecule has 0 unspecified atom stereocenters. The zero-order valence-electron chi connectivity index (χ0n) is 17.5. The zero-order valence-corrected chi connectivity index (χ0v) is 17.5. The fraction of sp³-hybridized carbons (Fsp3) is 0.192. The first-order valence-electron chi connectivity index (χ1n) is 10.4. The normalized spacial score (nSPS) is 12.0. The second-order valence-electron chi connectivity index (χ2n) is 7.76. The monoisotopic (exact) mass is 414 g/mol. The van der Waals surface area contributed by atoms with Crippen LogP contribution in [0.25, 0.3) is 10.9 Å². The lowest BCUT2D eigenvalue weighted by molar-refractivity contribution is -0.139. The minimum atomic E-state index is -0.864. The highest BCUT2D eigenvalue weighted by Crippen LogP contribution is 2.20. The number of aromatic amines is 1. The van der Waals surface area contributed by atoms with Crippen LogP contribution in [0.5, 0.6) is 5.75 Å². The van der Waals surface area contributed by atoms with Gasteiger partial charge in [-0.15, -0.1) is 0 Å². The van der Waals surface area contributed by atoms with Crippen LogP contribution in [0.2, 0.25) is 0 Å². The van der Waals surface area contributed by atoms with Gasteiger partial charge < -0.3 is 20.1 Å². The van der Waals surface area contributed by atoms with Crippen LogP contribution < -0.4 is 10.1 Å². The van der Waals surface area contributed by atoms with Crippen LogP contribution in [0, 0.1) is 6.92 Å². The Labute approximate surface area is 181 Å². The fourth-order valence-corrected chi connectivity index (χ4v) is 3.60. The molecule has 0 radical (unpaired) electrons. The van der Waals surface area contributed by atoms with E-state index in [4.69, 9.17) is 4.74 Å². The van der Waals surface area contributed by atoms with Gasteiger partial charge in [0.1, 0.15) is 18.4 Å². The summed E-state index contributed by atoms with van der Waals surface area (Å²) in [4.78, 5) is 15.0. The molecule has 1 heterocycles. The molecule has 3 N–H and O–H groups in total. The van der Waals surface area contributed by atoms with Gasteiger partial charge in [0.25, 0.3) is 0 Å². The van der Waals surface area contributed by atoms with Crippen LogP contribution in [0.1, 0.15) is 22.3 Å². The first-order valence-corrected chi connectivity index (χ1v) is 10.4. The van der Waals surface area contributed by atoms with Gasteiger partial charge >= 0.3 is 5.97 Å². The average molecular weight is 415 g/mol. The summed E-state index contributed by atoms with van der Waals surface area (Å²) in [6.45, 7) is 3.00. The second kappa shape index (κ2) is 9.49. The summed E-state index contributed by atoms with van der Waals surface area (Å²) < 4.78 is 5.91. The molecular weight excluding hydrogens is 388 g/mol. The third-order valence-corrected chi connectivity index (χ3v) is 5.37. The minimum absolute atomic E-state index is 0.406. The molecule has 5 nitrogen and oxygen atoms in total. The maximum atomic E-state index is 11.8. The van der Waals surface area contributed by atoms with Crippen molar-refractivity contribution in [3.8, 4) is 5.75 Å². The lowest BCUT2D eigenvalue weighted by Crippen LogP contribution is -2.38. The van der Waals surface area contributed by atoms with E-state index in [1.807, 2.05) is 54.7 Å². The Balaban J connectivity index is 1.38. The van der Waals surface area contributed by atoms with Crippen molar-refractivity contribution in [1.82, 2.24) is 10.3 Å². The van der Waals surface area contributed by atoms with Crippen molar-refractivity contribution in [1.29, 1.82) is 0 Å². The van der Waals surface area contributed by atoms with Gasteiger partial charge in [0.05, 0.1) is 0 Å². The third-order valence-electron chi connectivity index (χ3n) is 5.37. The molecule has 0 aliphatic rings. The summed E-state index contributed by atoms with van der Waals surface area (Å²) in [6, 6.07) is 23.3. The van der Waals surface area contributed by atoms with Gasteiger partial charge in [-0.2, -0.15) is 0 Å². The van der Waals surface area contributed by atoms with Crippen molar-refractivity contribution >= 4 is 16.9 Å². The average Bonchev–Trinajstić information content (AvgIpc) is 3.19.